The molecule has 0 atom stereocenters. The number of imidazole rings is 1. The van der Waals surface area contributed by atoms with Gasteiger partial charge < -0.3 is 14.7 Å². The quantitative estimate of drug-likeness (QED) is 0.540. The number of rotatable bonds is 3. The van der Waals surface area contributed by atoms with Crippen molar-refractivity contribution in [3.05, 3.63) is 59.6 Å². The van der Waals surface area contributed by atoms with E-state index in [1.807, 2.05) is 11.0 Å². The van der Waals surface area contributed by atoms with Crippen molar-refractivity contribution in [2.24, 2.45) is 0 Å². The van der Waals surface area contributed by atoms with Gasteiger partial charge in [-0.2, -0.15) is 0 Å². The first-order valence-corrected chi connectivity index (χ1v) is 9.77. The number of fused-ring (bicyclic) bond motifs is 2. The van der Waals surface area contributed by atoms with Gasteiger partial charge in [-0.15, -0.1) is 0 Å². The topological polar surface area (TPSA) is 80.5 Å². The maximum atomic E-state index is 14.8. The van der Waals surface area contributed by atoms with Gasteiger partial charge in [-0.05, 0) is 25.1 Å². The van der Waals surface area contributed by atoms with E-state index >= 15 is 0 Å². The summed E-state index contributed by atoms with van der Waals surface area (Å²) in [5, 5.41) is 9.96. The highest BCUT2D eigenvalue weighted by molar-refractivity contribution is 6.04. The molecule has 9 heteroatoms. The molecule has 7 nitrogen and oxygen atoms in total. The Labute approximate surface area is 175 Å². The van der Waals surface area contributed by atoms with Crippen molar-refractivity contribution in [1.29, 1.82) is 0 Å². The molecule has 3 heterocycles. The number of benzene rings is 2. The first-order chi connectivity index (χ1) is 14.9. The second-order valence-electron chi connectivity index (χ2n) is 7.37. The van der Waals surface area contributed by atoms with Crippen LogP contribution in [0, 0.1) is 18.6 Å². The summed E-state index contributed by atoms with van der Waals surface area (Å²) in [4.78, 5) is 22.6. The lowest BCUT2D eigenvalue weighted by Crippen LogP contribution is -2.36. The zero-order valence-electron chi connectivity index (χ0n) is 16.6. The molecule has 0 amide bonds. The standard InChI is InChI=1S/C22H18F2N4O3/c1-12-26-21-15(22(29)30)10-14(27-4-6-31-7-5-27)11-19(21)28(12)18-2-3-25-17-9-13(23)8-16(24)20(17)18/h2-3,8-11H,4-7H2,1H3,(H,29,30). The summed E-state index contributed by atoms with van der Waals surface area (Å²) < 4.78 is 35.6. The number of hydrogen-bond donors (Lipinski definition) is 1. The molecular weight excluding hydrogens is 406 g/mol. The fourth-order valence-corrected chi connectivity index (χ4v) is 4.12. The summed E-state index contributed by atoms with van der Waals surface area (Å²) in [6.45, 7) is 4.07. The van der Waals surface area contributed by atoms with E-state index in [2.05, 4.69) is 9.97 Å². The van der Waals surface area contributed by atoms with Crippen molar-refractivity contribution in [2.75, 3.05) is 31.2 Å². The van der Waals surface area contributed by atoms with Crippen molar-refractivity contribution >= 4 is 33.6 Å². The Morgan fingerprint density at radius 2 is 1.94 bits per heavy atom. The van der Waals surface area contributed by atoms with Crippen LogP contribution in [0.25, 0.3) is 27.6 Å². The van der Waals surface area contributed by atoms with Crippen molar-refractivity contribution in [3.8, 4) is 5.69 Å². The minimum Gasteiger partial charge on any atom is -0.478 e. The van der Waals surface area contributed by atoms with Crippen molar-refractivity contribution in [3.63, 3.8) is 0 Å². The minimum absolute atomic E-state index is 0.0609. The van der Waals surface area contributed by atoms with Gasteiger partial charge >= 0.3 is 5.97 Å². The molecule has 1 saturated heterocycles. The maximum Gasteiger partial charge on any atom is 0.338 e. The molecule has 0 bridgehead atoms. The van der Waals surface area contributed by atoms with Gasteiger partial charge in [0.2, 0.25) is 0 Å². The molecular formula is C22H18F2N4O3. The Kier molecular flexibility index (Phi) is 4.55. The van der Waals surface area contributed by atoms with E-state index in [0.717, 1.165) is 17.8 Å². The number of morpholine rings is 1. The summed E-state index contributed by atoms with van der Waals surface area (Å²) in [5.74, 6) is -2.09. The Hall–Kier alpha value is -3.59. The molecule has 0 spiro atoms. The number of carboxylic acids is 1. The lowest BCUT2D eigenvalue weighted by molar-refractivity contribution is 0.0699. The molecule has 2 aromatic carbocycles. The van der Waals surface area contributed by atoms with E-state index in [9.17, 15) is 18.7 Å². The number of nitrogens with zero attached hydrogens (tertiary/aromatic N) is 4. The van der Waals surface area contributed by atoms with E-state index < -0.39 is 17.6 Å². The number of ether oxygens (including phenoxy) is 1. The molecule has 158 valence electrons. The van der Waals surface area contributed by atoms with Crippen LogP contribution >= 0.6 is 0 Å². The van der Waals surface area contributed by atoms with Gasteiger partial charge in [0.1, 0.15) is 23.0 Å². The molecule has 1 fully saturated rings. The third-order valence-electron chi connectivity index (χ3n) is 5.50. The van der Waals surface area contributed by atoms with Crippen LogP contribution < -0.4 is 4.90 Å². The van der Waals surface area contributed by atoms with Crippen LogP contribution in [0.1, 0.15) is 16.2 Å². The summed E-state index contributed by atoms with van der Waals surface area (Å²) in [6, 6.07) is 7.04. The monoisotopic (exact) mass is 424 g/mol. The SMILES string of the molecule is Cc1nc2c(C(=O)O)cc(N3CCOCC3)cc2n1-c1ccnc2cc(F)cc(F)c12. The van der Waals surface area contributed by atoms with Gasteiger partial charge in [-0.3, -0.25) is 9.55 Å². The van der Waals surface area contributed by atoms with E-state index in [-0.39, 0.29) is 16.5 Å². The van der Waals surface area contributed by atoms with E-state index in [0.29, 0.717) is 48.8 Å². The normalized spacial score (nSPS) is 14.5. The molecule has 4 aromatic rings. The lowest BCUT2D eigenvalue weighted by Gasteiger charge is -2.29. The molecule has 0 unspecified atom stereocenters. The van der Waals surface area contributed by atoms with E-state index in [1.54, 1.807) is 23.6 Å². The summed E-state index contributed by atoms with van der Waals surface area (Å²) >= 11 is 0. The third kappa shape index (κ3) is 3.17. The van der Waals surface area contributed by atoms with Crippen LogP contribution in [-0.2, 0) is 4.74 Å². The first kappa shape index (κ1) is 19.4. The van der Waals surface area contributed by atoms with Crippen LogP contribution in [0.5, 0.6) is 0 Å². The first-order valence-electron chi connectivity index (χ1n) is 9.77. The second kappa shape index (κ2) is 7.28. The van der Waals surface area contributed by atoms with Crippen LogP contribution in [0.15, 0.2) is 36.5 Å². The summed E-state index contributed by atoms with van der Waals surface area (Å²) in [6.07, 6.45) is 1.46. The summed E-state index contributed by atoms with van der Waals surface area (Å²) in [5.41, 5.74) is 2.19. The van der Waals surface area contributed by atoms with Crippen molar-refractivity contribution in [1.82, 2.24) is 14.5 Å². The van der Waals surface area contributed by atoms with Gasteiger partial charge in [-0.25, -0.2) is 18.6 Å². The van der Waals surface area contributed by atoms with Crippen molar-refractivity contribution < 1.29 is 23.4 Å². The number of carbonyl (C=O) groups is 1. The van der Waals surface area contributed by atoms with E-state index in [4.69, 9.17) is 4.74 Å². The number of aromatic carboxylic acids is 1. The Balaban J connectivity index is 1.82. The number of aryl methyl sites for hydroxylation is 1. The molecule has 1 N–H and O–H groups in total. The third-order valence-corrected chi connectivity index (χ3v) is 5.50. The van der Waals surface area contributed by atoms with Crippen LogP contribution in [-0.4, -0.2) is 51.9 Å². The second-order valence-corrected chi connectivity index (χ2v) is 7.37. The largest absolute Gasteiger partial charge is 0.478 e. The molecule has 5 rings (SSSR count). The Morgan fingerprint density at radius 1 is 1.16 bits per heavy atom. The van der Waals surface area contributed by atoms with Crippen LogP contribution in [0.4, 0.5) is 14.5 Å². The molecule has 31 heavy (non-hydrogen) atoms. The number of hydrogen-bond acceptors (Lipinski definition) is 5. The average molecular weight is 424 g/mol. The number of carboxylic acid groups (broad SMARTS) is 1. The van der Waals surface area contributed by atoms with E-state index in [1.165, 1.54) is 6.20 Å². The molecule has 2 aromatic heterocycles. The lowest BCUT2D eigenvalue weighted by atomic mass is 10.1. The zero-order chi connectivity index (χ0) is 21.7. The fraction of sp³-hybridized carbons (Fsp3) is 0.227. The molecule has 1 aliphatic heterocycles. The fourth-order valence-electron chi connectivity index (χ4n) is 4.12. The van der Waals surface area contributed by atoms with Gasteiger partial charge in [-0.1, -0.05) is 0 Å². The maximum absolute atomic E-state index is 14.8. The molecule has 0 aliphatic carbocycles. The average Bonchev–Trinajstić information content (AvgIpc) is 3.08. The van der Waals surface area contributed by atoms with Crippen LogP contribution in [0.2, 0.25) is 0 Å². The number of aromatic nitrogens is 3. The van der Waals surface area contributed by atoms with Gasteiger partial charge in [0, 0.05) is 37.1 Å². The minimum atomic E-state index is -1.10. The highest BCUT2D eigenvalue weighted by Crippen LogP contribution is 2.33. The highest BCUT2D eigenvalue weighted by atomic mass is 19.1. The highest BCUT2D eigenvalue weighted by Gasteiger charge is 2.22. The Bertz CT molecular complexity index is 1350. The number of halogens is 2. The molecule has 1 aliphatic rings. The smallest absolute Gasteiger partial charge is 0.338 e. The van der Waals surface area contributed by atoms with Crippen LogP contribution in [0.3, 0.4) is 0 Å². The molecule has 0 saturated carbocycles. The predicted octanol–water partition coefficient (Wildman–Crippen LogP) is 3.70. The predicted molar refractivity (Wildman–Crippen MR) is 111 cm³/mol. The summed E-state index contributed by atoms with van der Waals surface area (Å²) in [7, 11) is 0. The number of anilines is 1. The van der Waals surface area contributed by atoms with Gasteiger partial charge in [0.15, 0.2) is 0 Å². The zero-order valence-corrected chi connectivity index (χ0v) is 16.6. The van der Waals surface area contributed by atoms with Crippen molar-refractivity contribution in [2.45, 2.75) is 6.92 Å². The van der Waals surface area contributed by atoms with Gasteiger partial charge in [0.05, 0.1) is 40.9 Å². The van der Waals surface area contributed by atoms with Gasteiger partial charge in [0.25, 0.3) is 0 Å². The Morgan fingerprint density at radius 3 is 2.68 bits per heavy atom. The molecule has 0 radical (unpaired) electrons. The number of pyridine rings is 1.